The Morgan fingerprint density at radius 1 is 1.19 bits per heavy atom. The molecule has 1 atom stereocenters. The number of carbonyl (C=O) groups is 1. The lowest BCUT2D eigenvalue weighted by Gasteiger charge is -2.29. The highest BCUT2D eigenvalue weighted by atomic mass is 35.5. The molecule has 1 aliphatic rings. The van der Waals surface area contributed by atoms with E-state index in [0.717, 1.165) is 27.4 Å². The molecular weight excluding hydrogens is 530 g/mol. The molecule has 1 N–H and O–H groups in total. The molecule has 1 saturated heterocycles. The summed E-state index contributed by atoms with van der Waals surface area (Å²) in [6.07, 6.45) is 0.396. The van der Waals surface area contributed by atoms with E-state index in [2.05, 4.69) is 15.2 Å². The molecule has 4 rings (SSSR count). The number of thiazole rings is 1. The average Bonchev–Trinajstić information content (AvgIpc) is 3.06. The number of anilines is 1. The van der Waals surface area contributed by atoms with E-state index < -0.39 is 33.4 Å². The fourth-order valence-electron chi connectivity index (χ4n) is 3.97. The van der Waals surface area contributed by atoms with E-state index in [1.165, 1.54) is 35.6 Å². The Bertz CT molecular complexity index is 1370. The topological polar surface area (TPSA) is 82.6 Å². The van der Waals surface area contributed by atoms with Crippen LogP contribution >= 0.6 is 22.9 Å². The minimum absolute atomic E-state index is 0.00741. The van der Waals surface area contributed by atoms with Gasteiger partial charge in [-0.1, -0.05) is 11.6 Å². The number of carbonyl (C=O) groups excluding carboxylic acids is 1. The standard InChI is InChI=1S/C24H25ClF2N4O3S2/c1-15-22(14-30-11-9-23(32)28-10-12-30)35-24(29-15)16(2)31(21-13-18(26)5-8-20(21)27)36(33,34)19-6-3-17(25)4-7-19/h3-8,13,16H,9-12,14H2,1-2H3,(H,28,32). The summed E-state index contributed by atoms with van der Waals surface area (Å²) in [5.74, 6) is -1.64. The quantitative estimate of drug-likeness (QED) is 0.459. The lowest BCUT2D eigenvalue weighted by atomic mass is 10.2. The van der Waals surface area contributed by atoms with Gasteiger partial charge in [0.2, 0.25) is 5.91 Å². The first-order valence-electron chi connectivity index (χ1n) is 11.3. The van der Waals surface area contributed by atoms with Crippen LogP contribution in [0.2, 0.25) is 5.02 Å². The van der Waals surface area contributed by atoms with Crippen LogP contribution in [0.15, 0.2) is 47.4 Å². The highest BCUT2D eigenvalue weighted by Gasteiger charge is 2.34. The molecule has 1 fully saturated rings. The zero-order chi connectivity index (χ0) is 26.0. The number of rotatable bonds is 7. The Morgan fingerprint density at radius 2 is 1.92 bits per heavy atom. The van der Waals surface area contributed by atoms with Crippen LogP contribution < -0.4 is 9.62 Å². The molecule has 0 spiro atoms. The highest BCUT2D eigenvalue weighted by Crippen LogP contribution is 2.37. The number of halogens is 3. The van der Waals surface area contributed by atoms with Crippen LogP contribution in [-0.2, 0) is 21.4 Å². The van der Waals surface area contributed by atoms with Gasteiger partial charge >= 0.3 is 0 Å². The number of hydrogen-bond acceptors (Lipinski definition) is 6. The molecule has 12 heteroatoms. The molecule has 0 bridgehead atoms. The summed E-state index contributed by atoms with van der Waals surface area (Å²) >= 11 is 7.24. The second-order valence-electron chi connectivity index (χ2n) is 8.46. The van der Waals surface area contributed by atoms with Crippen LogP contribution in [0.4, 0.5) is 14.5 Å². The molecule has 1 aliphatic heterocycles. The van der Waals surface area contributed by atoms with E-state index in [1.807, 2.05) is 6.92 Å². The van der Waals surface area contributed by atoms with Crippen LogP contribution in [0.5, 0.6) is 0 Å². The first-order chi connectivity index (χ1) is 17.1. The predicted octanol–water partition coefficient (Wildman–Crippen LogP) is 4.66. The summed E-state index contributed by atoms with van der Waals surface area (Å²) in [7, 11) is -4.32. The van der Waals surface area contributed by atoms with E-state index in [0.29, 0.717) is 48.3 Å². The van der Waals surface area contributed by atoms with E-state index in [1.54, 1.807) is 6.92 Å². The van der Waals surface area contributed by atoms with Crippen molar-refractivity contribution in [3.05, 3.63) is 74.7 Å². The van der Waals surface area contributed by atoms with Gasteiger partial charge < -0.3 is 5.32 Å². The molecule has 0 radical (unpaired) electrons. The summed E-state index contributed by atoms with van der Waals surface area (Å²) < 4.78 is 57.4. The molecule has 2 heterocycles. The largest absolute Gasteiger partial charge is 0.355 e. The molecule has 3 aromatic rings. The maximum Gasteiger partial charge on any atom is 0.265 e. The third kappa shape index (κ3) is 5.69. The molecule has 7 nitrogen and oxygen atoms in total. The molecule has 1 unspecified atom stereocenters. The smallest absolute Gasteiger partial charge is 0.265 e. The van der Waals surface area contributed by atoms with Crippen molar-refractivity contribution in [3.63, 3.8) is 0 Å². The Morgan fingerprint density at radius 3 is 2.64 bits per heavy atom. The minimum atomic E-state index is -4.32. The zero-order valence-corrected chi connectivity index (χ0v) is 22.1. The van der Waals surface area contributed by atoms with E-state index in [9.17, 15) is 22.0 Å². The summed E-state index contributed by atoms with van der Waals surface area (Å²) in [5.41, 5.74) is 0.304. The fraction of sp³-hybridized carbons (Fsp3) is 0.333. The van der Waals surface area contributed by atoms with Crippen molar-refractivity contribution < 1.29 is 22.0 Å². The predicted molar refractivity (Wildman–Crippen MR) is 136 cm³/mol. The normalized spacial score (nSPS) is 15.9. The highest BCUT2D eigenvalue weighted by molar-refractivity contribution is 7.92. The first-order valence-corrected chi connectivity index (χ1v) is 13.9. The van der Waals surface area contributed by atoms with Gasteiger partial charge in [0.05, 0.1) is 22.3 Å². The van der Waals surface area contributed by atoms with Crippen LogP contribution in [0, 0.1) is 18.6 Å². The van der Waals surface area contributed by atoms with E-state index >= 15 is 0 Å². The summed E-state index contributed by atoms with van der Waals surface area (Å²) in [4.78, 5) is 19.2. The van der Waals surface area contributed by atoms with Crippen LogP contribution in [0.3, 0.4) is 0 Å². The van der Waals surface area contributed by atoms with Crippen molar-refractivity contribution in [1.82, 2.24) is 15.2 Å². The van der Waals surface area contributed by atoms with Gasteiger partial charge in [0.25, 0.3) is 10.0 Å². The van der Waals surface area contributed by atoms with Crippen LogP contribution in [0.25, 0.3) is 0 Å². The number of amides is 1. The maximum atomic E-state index is 14.9. The van der Waals surface area contributed by atoms with Gasteiger partial charge in [0, 0.05) is 48.6 Å². The Kier molecular flexibility index (Phi) is 7.93. The van der Waals surface area contributed by atoms with Crippen molar-refractivity contribution in [3.8, 4) is 0 Å². The molecule has 36 heavy (non-hydrogen) atoms. The van der Waals surface area contributed by atoms with Crippen molar-refractivity contribution >= 4 is 44.6 Å². The number of nitrogens with zero attached hydrogens (tertiary/aromatic N) is 3. The van der Waals surface area contributed by atoms with Gasteiger partial charge in [0.1, 0.15) is 16.6 Å². The number of sulfonamides is 1. The number of aromatic nitrogens is 1. The SMILES string of the molecule is Cc1nc(C(C)N(c2cc(F)ccc2F)S(=O)(=O)c2ccc(Cl)cc2)sc1CN1CCNC(=O)CC1. The van der Waals surface area contributed by atoms with Gasteiger partial charge in [0.15, 0.2) is 0 Å². The lowest BCUT2D eigenvalue weighted by Crippen LogP contribution is -2.34. The molecule has 1 aromatic heterocycles. The molecule has 2 aromatic carbocycles. The van der Waals surface area contributed by atoms with Gasteiger partial charge in [-0.05, 0) is 50.2 Å². The summed E-state index contributed by atoms with van der Waals surface area (Å²) in [5, 5.41) is 3.62. The fourth-order valence-corrected chi connectivity index (χ4v) is 6.94. The van der Waals surface area contributed by atoms with Gasteiger partial charge in [-0.2, -0.15) is 0 Å². The molecule has 0 saturated carbocycles. The number of hydrogen-bond donors (Lipinski definition) is 1. The number of nitrogens with one attached hydrogen (secondary N) is 1. The molecule has 0 aliphatic carbocycles. The monoisotopic (exact) mass is 554 g/mol. The molecule has 1 amide bonds. The Hall–Kier alpha value is -2.60. The maximum absolute atomic E-state index is 14.9. The molecular formula is C24H25ClF2N4O3S2. The third-order valence-corrected chi connectivity index (χ3v) is 9.37. The van der Waals surface area contributed by atoms with E-state index in [4.69, 9.17) is 11.6 Å². The van der Waals surface area contributed by atoms with Crippen LogP contribution in [0.1, 0.15) is 35.0 Å². The Balaban J connectivity index is 1.72. The van der Waals surface area contributed by atoms with Gasteiger partial charge in [-0.25, -0.2) is 22.2 Å². The van der Waals surface area contributed by atoms with Crippen LogP contribution in [-0.4, -0.2) is 43.8 Å². The van der Waals surface area contributed by atoms with Crippen molar-refractivity contribution in [1.29, 1.82) is 0 Å². The van der Waals surface area contributed by atoms with E-state index in [-0.39, 0.29) is 10.8 Å². The lowest BCUT2D eigenvalue weighted by molar-refractivity contribution is -0.120. The molecule has 192 valence electrons. The number of aryl methyl sites for hydroxylation is 1. The van der Waals surface area contributed by atoms with Crippen molar-refractivity contribution in [2.24, 2.45) is 0 Å². The zero-order valence-electron chi connectivity index (χ0n) is 19.7. The minimum Gasteiger partial charge on any atom is -0.355 e. The average molecular weight is 555 g/mol. The van der Waals surface area contributed by atoms with Crippen molar-refractivity contribution in [2.75, 3.05) is 23.9 Å². The van der Waals surface area contributed by atoms with Gasteiger partial charge in [-0.3, -0.25) is 14.0 Å². The second kappa shape index (κ2) is 10.8. The number of benzene rings is 2. The first kappa shape index (κ1) is 26.5. The third-order valence-electron chi connectivity index (χ3n) is 5.91. The Labute approximate surface area is 217 Å². The summed E-state index contributed by atoms with van der Waals surface area (Å²) in [6, 6.07) is 7.24. The summed E-state index contributed by atoms with van der Waals surface area (Å²) in [6.45, 7) is 5.78. The van der Waals surface area contributed by atoms with Gasteiger partial charge in [-0.15, -0.1) is 11.3 Å². The second-order valence-corrected chi connectivity index (χ2v) is 11.8. The van der Waals surface area contributed by atoms with Crippen molar-refractivity contribution in [2.45, 2.75) is 37.8 Å².